The molecule has 0 bridgehead atoms. The summed E-state index contributed by atoms with van der Waals surface area (Å²) in [4.78, 5) is 11.4. The zero-order valence-electron chi connectivity index (χ0n) is 10.6. The Labute approximate surface area is 101 Å². The van der Waals surface area contributed by atoms with Crippen molar-refractivity contribution in [3.8, 4) is 0 Å². The number of carbonyl (C=O) groups excluding carboxylic acids is 1. The topological polar surface area (TPSA) is 82.0 Å². The van der Waals surface area contributed by atoms with Crippen molar-refractivity contribution < 1.29 is 19.8 Å². The molecule has 0 aromatic heterocycles. The molecule has 98 valence electrons. The minimum atomic E-state index is -0.764. The number of aliphatic hydroxyl groups is 1. The van der Waals surface area contributed by atoms with Crippen LogP contribution in [0.1, 0.15) is 27.7 Å². The molecule has 0 saturated carbocycles. The van der Waals surface area contributed by atoms with E-state index in [1.54, 1.807) is 19.9 Å². The Balaban J connectivity index is 2.74. The number of alkyl carbamates (subject to hydrolysis) is 1. The Morgan fingerprint density at radius 1 is 1.47 bits per heavy atom. The molecule has 0 aliphatic carbocycles. The van der Waals surface area contributed by atoms with Gasteiger partial charge in [-0.2, -0.15) is 5.06 Å². The van der Waals surface area contributed by atoms with Gasteiger partial charge in [0.25, 0.3) is 0 Å². The van der Waals surface area contributed by atoms with E-state index in [0.29, 0.717) is 5.76 Å². The molecular weight excluding hydrogens is 224 g/mol. The molecule has 1 rings (SSSR count). The first-order valence-electron chi connectivity index (χ1n) is 5.51. The lowest BCUT2D eigenvalue weighted by Gasteiger charge is -2.35. The van der Waals surface area contributed by atoms with Gasteiger partial charge in [-0.25, -0.2) is 4.79 Å². The molecule has 0 aromatic carbocycles. The SMILES string of the molecule is CC1(C)C=C(OC(=O)NCCO)C(C)(C)N1O. The van der Waals surface area contributed by atoms with E-state index in [4.69, 9.17) is 9.84 Å². The molecule has 0 aromatic rings. The van der Waals surface area contributed by atoms with Gasteiger partial charge in [-0.1, -0.05) is 0 Å². The van der Waals surface area contributed by atoms with Gasteiger partial charge in [0, 0.05) is 6.54 Å². The number of nitrogens with zero attached hydrogens (tertiary/aromatic N) is 1. The first kappa shape index (κ1) is 14.0. The van der Waals surface area contributed by atoms with E-state index in [-0.39, 0.29) is 13.2 Å². The van der Waals surface area contributed by atoms with E-state index in [0.717, 1.165) is 5.06 Å². The molecule has 1 aliphatic rings. The van der Waals surface area contributed by atoms with E-state index in [1.807, 2.05) is 13.8 Å². The lowest BCUT2D eigenvalue weighted by Crippen LogP contribution is -2.48. The van der Waals surface area contributed by atoms with Gasteiger partial charge in [-0.15, -0.1) is 0 Å². The molecule has 1 heterocycles. The van der Waals surface area contributed by atoms with Crippen LogP contribution in [0.25, 0.3) is 0 Å². The minimum absolute atomic E-state index is 0.138. The smallest absolute Gasteiger partial charge is 0.412 e. The van der Waals surface area contributed by atoms with Gasteiger partial charge in [0.1, 0.15) is 5.76 Å². The fourth-order valence-electron chi connectivity index (χ4n) is 1.83. The highest BCUT2D eigenvalue weighted by atomic mass is 16.6. The number of nitrogens with one attached hydrogen (secondary N) is 1. The molecule has 6 nitrogen and oxygen atoms in total. The summed E-state index contributed by atoms with van der Waals surface area (Å²) in [6.45, 7) is 7.14. The van der Waals surface area contributed by atoms with Crippen LogP contribution in [0.4, 0.5) is 4.79 Å². The molecular formula is C11H20N2O4. The Kier molecular flexibility index (Phi) is 3.81. The molecule has 1 aliphatic heterocycles. The predicted molar refractivity (Wildman–Crippen MR) is 61.4 cm³/mol. The molecule has 0 unspecified atom stereocenters. The number of ether oxygens (including phenoxy) is 1. The fraction of sp³-hybridized carbons (Fsp3) is 0.727. The number of hydrogen-bond donors (Lipinski definition) is 3. The van der Waals surface area contributed by atoms with Crippen LogP contribution in [-0.2, 0) is 4.74 Å². The number of aliphatic hydroxyl groups excluding tert-OH is 1. The van der Waals surface area contributed by atoms with Gasteiger partial charge in [0.15, 0.2) is 0 Å². The number of rotatable bonds is 3. The van der Waals surface area contributed by atoms with Gasteiger partial charge in [-0.05, 0) is 33.8 Å². The third kappa shape index (κ3) is 2.77. The number of amides is 1. The quantitative estimate of drug-likeness (QED) is 0.685. The van der Waals surface area contributed by atoms with E-state index in [2.05, 4.69) is 5.32 Å². The molecule has 0 radical (unpaired) electrons. The third-order valence-corrected chi connectivity index (χ3v) is 2.75. The second-order valence-electron chi connectivity index (χ2n) is 5.07. The second kappa shape index (κ2) is 4.64. The maximum absolute atomic E-state index is 11.4. The highest BCUT2D eigenvalue weighted by molar-refractivity contribution is 5.69. The van der Waals surface area contributed by atoms with Gasteiger partial charge in [0.05, 0.1) is 17.7 Å². The number of hydroxylamine groups is 2. The van der Waals surface area contributed by atoms with Crippen molar-refractivity contribution in [3.63, 3.8) is 0 Å². The van der Waals surface area contributed by atoms with E-state index < -0.39 is 17.2 Å². The summed E-state index contributed by atoms with van der Waals surface area (Å²) >= 11 is 0. The zero-order valence-corrected chi connectivity index (χ0v) is 10.6. The molecule has 3 N–H and O–H groups in total. The summed E-state index contributed by atoms with van der Waals surface area (Å²) in [7, 11) is 0. The second-order valence-corrected chi connectivity index (χ2v) is 5.07. The van der Waals surface area contributed by atoms with Crippen molar-refractivity contribution in [2.45, 2.75) is 38.8 Å². The molecule has 0 atom stereocenters. The summed E-state index contributed by atoms with van der Waals surface area (Å²) in [6.07, 6.45) is 1.07. The molecule has 1 amide bonds. The maximum Gasteiger partial charge on any atom is 0.412 e. The summed E-state index contributed by atoms with van der Waals surface area (Å²) in [5.74, 6) is 0.389. The van der Waals surface area contributed by atoms with E-state index in [1.165, 1.54) is 0 Å². The molecule has 0 fully saturated rings. The van der Waals surface area contributed by atoms with Crippen molar-refractivity contribution in [2.75, 3.05) is 13.2 Å². The average molecular weight is 244 g/mol. The Morgan fingerprint density at radius 3 is 2.47 bits per heavy atom. The van der Waals surface area contributed by atoms with Crippen LogP contribution < -0.4 is 5.32 Å². The van der Waals surface area contributed by atoms with Crippen molar-refractivity contribution in [2.24, 2.45) is 0 Å². The summed E-state index contributed by atoms with van der Waals surface area (Å²) in [6, 6.07) is 0. The summed E-state index contributed by atoms with van der Waals surface area (Å²) in [5, 5.41) is 22.1. The fourth-order valence-corrected chi connectivity index (χ4v) is 1.83. The highest BCUT2D eigenvalue weighted by Crippen LogP contribution is 2.38. The predicted octanol–water partition coefficient (Wildman–Crippen LogP) is 0.851. The maximum atomic E-state index is 11.4. The highest BCUT2D eigenvalue weighted by Gasteiger charge is 2.47. The van der Waals surface area contributed by atoms with Crippen LogP contribution in [0.5, 0.6) is 0 Å². The summed E-state index contributed by atoms with van der Waals surface area (Å²) < 4.78 is 5.13. The van der Waals surface area contributed by atoms with Crippen molar-refractivity contribution in [1.29, 1.82) is 0 Å². The van der Waals surface area contributed by atoms with Crippen LogP contribution >= 0.6 is 0 Å². The lowest BCUT2D eigenvalue weighted by atomic mass is 10.1. The lowest BCUT2D eigenvalue weighted by molar-refractivity contribution is -0.190. The average Bonchev–Trinajstić information content (AvgIpc) is 2.37. The van der Waals surface area contributed by atoms with Crippen LogP contribution in [0, 0.1) is 0 Å². The Hall–Kier alpha value is -1.11. The van der Waals surface area contributed by atoms with E-state index >= 15 is 0 Å². The standard InChI is InChI=1S/C11H20N2O4/c1-10(2)7-8(11(3,4)13(10)16)17-9(15)12-5-6-14/h7,14,16H,5-6H2,1-4H3,(H,12,15). The number of hydrogen-bond acceptors (Lipinski definition) is 5. The first-order valence-corrected chi connectivity index (χ1v) is 5.51. The van der Waals surface area contributed by atoms with Gasteiger partial charge >= 0.3 is 6.09 Å². The number of carbonyl (C=O) groups is 1. The minimum Gasteiger partial charge on any atom is -0.413 e. The largest absolute Gasteiger partial charge is 0.413 e. The van der Waals surface area contributed by atoms with Crippen LogP contribution in [-0.4, -0.2) is 45.7 Å². The first-order chi connectivity index (χ1) is 7.71. The van der Waals surface area contributed by atoms with Crippen molar-refractivity contribution >= 4 is 6.09 Å². The third-order valence-electron chi connectivity index (χ3n) is 2.75. The molecule has 6 heteroatoms. The van der Waals surface area contributed by atoms with Crippen LogP contribution in [0.3, 0.4) is 0 Å². The van der Waals surface area contributed by atoms with Crippen LogP contribution in [0.2, 0.25) is 0 Å². The Bertz CT molecular complexity index is 336. The Morgan fingerprint density at radius 2 is 2.06 bits per heavy atom. The van der Waals surface area contributed by atoms with E-state index in [9.17, 15) is 10.0 Å². The van der Waals surface area contributed by atoms with Crippen molar-refractivity contribution in [1.82, 2.24) is 10.4 Å². The summed E-state index contributed by atoms with van der Waals surface area (Å²) in [5.41, 5.74) is -1.35. The molecule has 17 heavy (non-hydrogen) atoms. The van der Waals surface area contributed by atoms with Crippen LogP contribution in [0.15, 0.2) is 11.8 Å². The monoisotopic (exact) mass is 244 g/mol. The zero-order chi connectivity index (χ0) is 13.3. The van der Waals surface area contributed by atoms with Crippen molar-refractivity contribution in [3.05, 3.63) is 11.8 Å². The molecule has 0 spiro atoms. The normalized spacial score (nSPS) is 22.1. The van der Waals surface area contributed by atoms with Gasteiger partial charge < -0.3 is 20.4 Å². The molecule has 0 saturated heterocycles. The van der Waals surface area contributed by atoms with Gasteiger partial charge in [0.2, 0.25) is 0 Å². The van der Waals surface area contributed by atoms with Gasteiger partial charge in [-0.3, -0.25) is 0 Å².